The largest absolute Gasteiger partial charge is 0.375 e. The quantitative estimate of drug-likeness (QED) is 0.815. The Labute approximate surface area is 146 Å². The van der Waals surface area contributed by atoms with Crippen molar-refractivity contribution in [1.82, 2.24) is 24.7 Å². The highest BCUT2D eigenvalue weighted by Crippen LogP contribution is 2.26. The third-order valence-electron chi connectivity index (χ3n) is 4.90. The summed E-state index contributed by atoms with van der Waals surface area (Å²) in [5.41, 5.74) is 1.92. The van der Waals surface area contributed by atoms with Crippen LogP contribution in [0.25, 0.3) is 0 Å². The fourth-order valence-electron chi connectivity index (χ4n) is 3.70. The number of aromatic nitrogens is 3. The minimum atomic E-state index is -0.101. The normalized spacial score (nSPS) is 24.3. The standard InChI is InChI=1S/C17H23N5O3/c1-12-5-15(25-19-12)17(23)22-10-14-9-21(3-4-24-16(14)11-22)8-13-6-18-20(2)7-13/h5-7,14,16H,3-4,8-11H2,1-2H3/t14-,16+/m0/s1. The predicted octanol–water partition coefficient (Wildman–Crippen LogP) is 0.690. The van der Waals surface area contributed by atoms with E-state index in [0.717, 1.165) is 25.3 Å². The van der Waals surface area contributed by atoms with Crippen LogP contribution in [-0.2, 0) is 18.3 Å². The average molecular weight is 345 g/mol. The van der Waals surface area contributed by atoms with E-state index in [1.165, 1.54) is 5.56 Å². The van der Waals surface area contributed by atoms with Gasteiger partial charge in [0.1, 0.15) is 0 Å². The van der Waals surface area contributed by atoms with Gasteiger partial charge in [-0.05, 0) is 6.92 Å². The van der Waals surface area contributed by atoms with E-state index < -0.39 is 0 Å². The van der Waals surface area contributed by atoms with Gasteiger partial charge in [-0.15, -0.1) is 0 Å². The lowest BCUT2D eigenvalue weighted by Gasteiger charge is -2.22. The van der Waals surface area contributed by atoms with Crippen molar-refractivity contribution in [2.24, 2.45) is 13.0 Å². The molecule has 2 aromatic rings. The number of carbonyl (C=O) groups excluding carboxylic acids is 1. The van der Waals surface area contributed by atoms with Crippen molar-refractivity contribution in [2.75, 3.05) is 32.8 Å². The Hall–Kier alpha value is -2.19. The highest BCUT2D eigenvalue weighted by molar-refractivity contribution is 5.91. The predicted molar refractivity (Wildman–Crippen MR) is 88.9 cm³/mol. The molecule has 25 heavy (non-hydrogen) atoms. The van der Waals surface area contributed by atoms with Gasteiger partial charge < -0.3 is 14.2 Å². The molecule has 0 aliphatic carbocycles. The second-order valence-corrected chi connectivity index (χ2v) is 6.97. The first-order chi connectivity index (χ1) is 12.1. The molecule has 2 fully saturated rings. The van der Waals surface area contributed by atoms with Crippen molar-refractivity contribution in [3.63, 3.8) is 0 Å². The highest BCUT2D eigenvalue weighted by atomic mass is 16.5. The molecule has 2 saturated heterocycles. The molecule has 4 heterocycles. The number of rotatable bonds is 3. The van der Waals surface area contributed by atoms with Crippen LogP contribution in [0.1, 0.15) is 21.8 Å². The number of carbonyl (C=O) groups is 1. The number of hydrogen-bond donors (Lipinski definition) is 0. The van der Waals surface area contributed by atoms with Gasteiger partial charge in [0.2, 0.25) is 5.76 Å². The number of hydrogen-bond acceptors (Lipinski definition) is 6. The van der Waals surface area contributed by atoms with E-state index >= 15 is 0 Å². The maximum absolute atomic E-state index is 12.6. The number of fused-ring (bicyclic) bond motifs is 1. The first-order valence-corrected chi connectivity index (χ1v) is 8.62. The van der Waals surface area contributed by atoms with Gasteiger partial charge in [-0.25, -0.2) is 0 Å². The van der Waals surface area contributed by atoms with Crippen molar-refractivity contribution >= 4 is 5.91 Å². The van der Waals surface area contributed by atoms with Gasteiger partial charge in [0, 0.05) is 63.5 Å². The van der Waals surface area contributed by atoms with Crippen molar-refractivity contribution in [3.05, 3.63) is 35.5 Å². The van der Waals surface area contributed by atoms with Crippen LogP contribution in [0, 0.1) is 12.8 Å². The third-order valence-corrected chi connectivity index (χ3v) is 4.90. The summed E-state index contributed by atoms with van der Waals surface area (Å²) in [4.78, 5) is 16.8. The lowest BCUT2D eigenvalue weighted by molar-refractivity contribution is 0.0474. The van der Waals surface area contributed by atoms with Crippen LogP contribution in [0.5, 0.6) is 0 Å². The maximum Gasteiger partial charge on any atom is 0.292 e. The van der Waals surface area contributed by atoms with Gasteiger partial charge in [0.25, 0.3) is 5.91 Å². The summed E-state index contributed by atoms with van der Waals surface area (Å²) in [6, 6.07) is 1.69. The average Bonchev–Trinajstić information content (AvgIpc) is 3.26. The van der Waals surface area contributed by atoms with Crippen LogP contribution in [0.3, 0.4) is 0 Å². The minimum Gasteiger partial charge on any atom is -0.375 e. The van der Waals surface area contributed by atoms with Crippen LogP contribution in [-0.4, -0.2) is 69.5 Å². The highest BCUT2D eigenvalue weighted by Gasteiger charge is 2.39. The number of amides is 1. The van der Waals surface area contributed by atoms with E-state index in [1.54, 1.807) is 6.07 Å². The summed E-state index contributed by atoms with van der Waals surface area (Å²) < 4.78 is 13.0. The zero-order valence-corrected chi connectivity index (χ0v) is 14.6. The molecule has 2 aliphatic rings. The summed E-state index contributed by atoms with van der Waals surface area (Å²) in [5, 5.41) is 8.04. The van der Waals surface area contributed by atoms with Crippen molar-refractivity contribution in [2.45, 2.75) is 19.6 Å². The summed E-state index contributed by atoms with van der Waals surface area (Å²) in [7, 11) is 1.93. The Morgan fingerprint density at radius 2 is 2.24 bits per heavy atom. The number of aryl methyl sites for hydroxylation is 2. The zero-order valence-electron chi connectivity index (χ0n) is 14.6. The number of likely N-dealkylation sites (tertiary alicyclic amines) is 1. The zero-order chi connectivity index (χ0) is 17.4. The lowest BCUT2D eigenvalue weighted by Crippen LogP contribution is -2.33. The summed E-state index contributed by atoms with van der Waals surface area (Å²) in [6.45, 7) is 6.47. The maximum atomic E-state index is 12.6. The smallest absolute Gasteiger partial charge is 0.292 e. The molecule has 134 valence electrons. The molecular formula is C17H23N5O3. The topological polar surface area (TPSA) is 76.6 Å². The Kier molecular flexibility index (Phi) is 4.30. The SMILES string of the molecule is Cc1cc(C(=O)N2C[C@@H]3CN(Cc4cnn(C)c4)CCO[C@@H]3C2)on1. The molecule has 0 radical (unpaired) electrons. The summed E-state index contributed by atoms with van der Waals surface area (Å²) in [5.74, 6) is 0.518. The van der Waals surface area contributed by atoms with Crippen molar-refractivity contribution in [1.29, 1.82) is 0 Å². The van der Waals surface area contributed by atoms with E-state index in [1.807, 2.05) is 35.9 Å². The van der Waals surface area contributed by atoms with Gasteiger partial charge in [-0.2, -0.15) is 5.10 Å². The van der Waals surface area contributed by atoms with Crippen LogP contribution in [0.15, 0.2) is 23.0 Å². The summed E-state index contributed by atoms with van der Waals surface area (Å²) in [6.07, 6.45) is 4.03. The molecule has 8 heteroatoms. The molecule has 2 atom stereocenters. The van der Waals surface area contributed by atoms with Crippen LogP contribution in [0.2, 0.25) is 0 Å². The van der Waals surface area contributed by atoms with E-state index in [4.69, 9.17) is 9.26 Å². The molecule has 0 spiro atoms. The first kappa shape index (κ1) is 16.3. The van der Waals surface area contributed by atoms with E-state index in [0.29, 0.717) is 31.4 Å². The van der Waals surface area contributed by atoms with E-state index in [9.17, 15) is 4.79 Å². The molecule has 0 aromatic carbocycles. The van der Waals surface area contributed by atoms with Gasteiger partial charge in [0.15, 0.2) is 0 Å². The molecular weight excluding hydrogens is 322 g/mol. The monoisotopic (exact) mass is 345 g/mol. The Morgan fingerprint density at radius 3 is 2.96 bits per heavy atom. The second-order valence-electron chi connectivity index (χ2n) is 6.97. The van der Waals surface area contributed by atoms with Crippen molar-refractivity contribution < 1.29 is 14.1 Å². The Morgan fingerprint density at radius 1 is 1.36 bits per heavy atom. The molecule has 2 aromatic heterocycles. The van der Waals surface area contributed by atoms with Gasteiger partial charge in [-0.1, -0.05) is 5.16 Å². The molecule has 0 unspecified atom stereocenters. The van der Waals surface area contributed by atoms with E-state index in [2.05, 4.69) is 15.2 Å². The second kappa shape index (κ2) is 6.61. The number of ether oxygens (including phenoxy) is 1. The molecule has 0 bridgehead atoms. The van der Waals surface area contributed by atoms with E-state index in [-0.39, 0.29) is 12.0 Å². The fourth-order valence-corrected chi connectivity index (χ4v) is 3.70. The summed E-state index contributed by atoms with van der Waals surface area (Å²) >= 11 is 0. The minimum absolute atomic E-state index is 0.0897. The first-order valence-electron chi connectivity index (χ1n) is 8.62. The molecule has 2 aliphatic heterocycles. The molecule has 1 amide bonds. The molecule has 4 rings (SSSR count). The number of nitrogens with zero attached hydrogens (tertiary/aromatic N) is 5. The third kappa shape index (κ3) is 3.45. The molecule has 0 saturated carbocycles. The Bertz CT molecular complexity index is 755. The van der Waals surface area contributed by atoms with Gasteiger partial charge >= 0.3 is 0 Å². The van der Waals surface area contributed by atoms with Crippen LogP contribution >= 0.6 is 0 Å². The lowest BCUT2D eigenvalue weighted by atomic mass is 10.1. The van der Waals surface area contributed by atoms with Crippen LogP contribution < -0.4 is 0 Å². The van der Waals surface area contributed by atoms with Crippen molar-refractivity contribution in [3.8, 4) is 0 Å². The molecule has 0 N–H and O–H groups in total. The van der Waals surface area contributed by atoms with Gasteiger partial charge in [0.05, 0.1) is 24.6 Å². The molecule has 8 nitrogen and oxygen atoms in total. The Balaban J connectivity index is 1.41. The van der Waals surface area contributed by atoms with Crippen LogP contribution in [0.4, 0.5) is 0 Å². The fraction of sp³-hybridized carbons (Fsp3) is 0.588. The van der Waals surface area contributed by atoms with Gasteiger partial charge in [-0.3, -0.25) is 14.4 Å².